The standard InChI is InChI=1S/2C23H24F3N3.C23H25F2N3.C22H22ClF2N3/c1-14-2-5-19-17(12-14)16-6-9-27-23(22(16)28-19)7-10-29(11-8-23)13-15-3-4-18(24)21(26)20(15)25;1-14-2-3-21-17(10-14)16-4-7-27-23(22(16)28-21)5-8-29(9-6-23)13-15-11-19(25)20(26)12-18(15)24;1-15-2-5-18-19-6-9-26-23(22(19)27-21(18)12-15)7-10-28(11-8-23)14-16-3-4-17(24)13-20(16)25;23-15-2-4-20-18(11-15)17-5-8-26-22(21(17)27-20)6-9-28(10-7-22)13-14-1-3-16(24)12-19(14)25/h2-5,12,27-28H,6-11,13H2,1H3;2-3,10-12,27-28H,4-9,13H2,1H3;2-5,12-13,26-27H,6-11,14H2,1H3;1-4,11-12,26-27H,5-10,13H2. The number of likely N-dealkylation sites (tertiary alicyclic amines) is 4. The van der Waals surface area contributed by atoms with E-state index < -0.39 is 58.2 Å². The number of nitrogens with one attached hydrogen (secondary N) is 8. The Balaban J connectivity index is 0.000000110. The molecule has 8 N–H and O–H groups in total. The number of H-pyrrole nitrogens is 4. The predicted octanol–water partition coefficient (Wildman–Crippen LogP) is 18.2. The number of aryl methyl sites for hydroxylation is 3. The molecular formula is C91H95ClF10N12. The number of fused-ring (bicyclic) bond motifs is 16. The lowest BCUT2D eigenvalue weighted by molar-refractivity contribution is 0.120. The van der Waals surface area contributed by atoms with Gasteiger partial charge in [0.25, 0.3) is 0 Å². The molecule has 4 fully saturated rings. The molecule has 0 aliphatic carbocycles. The molecule has 12 nitrogen and oxygen atoms in total. The molecule has 0 radical (unpaired) electrons. The number of aromatic amines is 4. The molecule has 12 heterocycles. The third-order valence-corrected chi connectivity index (χ3v) is 26.2. The molecule has 0 atom stereocenters. The van der Waals surface area contributed by atoms with Gasteiger partial charge in [0.1, 0.15) is 29.1 Å². The van der Waals surface area contributed by atoms with Crippen LogP contribution < -0.4 is 21.3 Å². The van der Waals surface area contributed by atoms with Crippen LogP contribution in [0.4, 0.5) is 43.9 Å². The maximum atomic E-state index is 14.1. The molecule has 8 aliphatic heterocycles. The average molecular weight is 1580 g/mol. The molecule has 8 aromatic carbocycles. The van der Waals surface area contributed by atoms with Crippen molar-refractivity contribution in [2.45, 2.75) is 146 Å². The number of benzene rings is 8. The number of piperidine rings is 4. The van der Waals surface area contributed by atoms with Gasteiger partial charge in [-0.1, -0.05) is 65.2 Å². The zero-order valence-electron chi connectivity index (χ0n) is 64.4. The summed E-state index contributed by atoms with van der Waals surface area (Å²) in [6.07, 6.45) is 11.4. The smallest absolute Gasteiger partial charge is 0.194 e. The first kappa shape index (κ1) is 77.7. The maximum absolute atomic E-state index is 14.1. The minimum absolute atomic E-state index is 0.0294. The van der Waals surface area contributed by atoms with Crippen LogP contribution in [0.1, 0.15) is 135 Å². The van der Waals surface area contributed by atoms with Crippen molar-refractivity contribution < 1.29 is 43.9 Å². The van der Waals surface area contributed by atoms with Crippen LogP contribution >= 0.6 is 11.6 Å². The van der Waals surface area contributed by atoms with Gasteiger partial charge in [-0.3, -0.25) is 19.6 Å². The van der Waals surface area contributed by atoms with E-state index in [1.807, 2.05) is 6.07 Å². The molecule has 4 spiro atoms. The van der Waals surface area contributed by atoms with Crippen LogP contribution in [0, 0.1) is 78.9 Å². The van der Waals surface area contributed by atoms with Gasteiger partial charge in [-0.25, -0.2) is 43.9 Å². The first-order chi connectivity index (χ1) is 55.0. The van der Waals surface area contributed by atoms with Crippen molar-refractivity contribution in [3.63, 3.8) is 0 Å². The van der Waals surface area contributed by atoms with Crippen molar-refractivity contribution in [2.75, 3.05) is 78.5 Å². The van der Waals surface area contributed by atoms with Crippen molar-refractivity contribution in [2.24, 2.45) is 0 Å². The molecule has 0 bridgehead atoms. The van der Waals surface area contributed by atoms with Crippen molar-refractivity contribution in [3.05, 3.63) is 281 Å². The van der Waals surface area contributed by atoms with Crippen LogP contribution in [0.15, 0.2) is 133 Å². The Hall–Kier alpha value is -8.81. The monoisotopic (exact) mass is 1580 g/mol. The SMILES string of the molecule is Cc1ccc2[nH]c3c(c2c1)CCNC31CCN(Cc2cc(F)c(F)cc2F)CC1.Cc1ccc2[nH]c3c(c2c1)CCNC31CCN(Cc2ccc(F)c(F)c2F)CC1.Cc1ccc2c3c([nH]c2c1)C1(CCN(Cc2ccc(F)cc2F)CC1)NCC3.Fc1ccc(CN2CCC3(CC2)NCCc2c3[nH]c3ccc(Cl)cc23)c(F)c1. The highest BCUT2D eigenvalue weighted by Gasteiger charge is 2.46. The molecule has 8 aliphatic rings. The van der Waals surface area contributed by atoms with Crippen LogP contribution in [0.2, 0.25) is 5.02 Å². The first-order valence-corrected chi connectivity index (χ1v) is 40.6. The molecule has 0 unspecified atom stereocenters. The quantitative estimate of drug-likeness (QED) is 0.0430. The minimum atomic E-state index is -1.39. The van der Waals surface area contributed by atoms with E-state index in [9.17, 15) is 43.9 Å². The molecule has 596 valence electrons. The van der Waals surface area contributed by atoms with Crippen molar-refractivity contribution >= 4 is 55.2 Å². The second-order valence-electron chi connectivity index (χ2n) is 33.1. The number of hydrogen-bond donors (Lipinski definition) is 8. The summed E-state index contributed by atoms with van der Waals surface area (Å²) < 4.78 is 136. The average Bonchev–Trinajstić information content (AvgIpc) is 1.59. The third kappa shape index (κ3) is 15.2. The Morgan fingerprint density at radius 3 is 1.07 bits per heavy atom. The minimum Gasteiger partial charge on any atom is -0.357 e. The van der Waals surface area contributed by atoms with Gasteiger partial charge in [0.15, 0.2) is 29.1 Å². The summed E-state index contributed by atoms with van der Waals surface area (Å²) >= 11 is 6.22. The van der Waals surface area contributed by atoms with Crippen LogP contribution in [-0.2, 0) is 74.0 Å². The van der Waals surface area contributed by atoms with Gasteiger partial charge in [0, 0.05) is 217 Å². The van der Waals surface area contributed by atoms with E-state index in [0.717, 1.165) is 190 Å². The highest BCUT2D eigenvalue weighted by Crippen LogP contribution is 2.46. The van der Waals surface area contributed by atoms with Crippen molar-refractivity contribution in [3.8, 4) is 0 Å². The van der Waals surface area contributed by atoms with Gasteiger partial charge in [0.05, 0.1) is 22.2 Å². The third-order valence-electron chi connectivity index (χ3n) is 26.0. The molecule has 20 rings (SSSR count). The fourth-order valence-electron chi connectivity index (χ4n) is 19.8. The lowest BCUT2D eigenvalue weighted by Gasteiger charge is -2.45. The van der Waals surface area contributed by atoms with Crippen LogP contribution in [0.25, 0.3) is 43.6 Å². The van der Waals surface area contributed by atoms with Gasteiger partial charge >= 0.3 is 0 Å². The molecule has 4 saturated heterocycles. The Morgan fingerprint density at radius 2 is 0.640 bits per heavy atom. The molecule has 4 aromatic heterocycles. The van der Waals surface area contributed by atoms with E-state index in [1.165, 1.54) is 118 Å². The second kappa shape index (κ2) is 31.7. The second-order valence-corrected chi connectivity index (χ2v) is 33.5. The fraction of sp³-hybridized carbons (Fsp3) is 0.385. The number of aromatic nitrogens is 4. The molecule has 0 saturated carbocycles. The highest BCUT2D eigenvalue weighted by molar-refractivity contribution is 6.31. The van der Waals surface area contributed by atoms with E-state index in [2.05, 4.69) is 148 Å². The molecule has 12 aromatic rings. The number of nitrogens with zero attached hydrogens (tertiary/aromatic N) is 4. The van der Waals surface area contributed by atoms with Gasteiger partial charge in [-0.05, 0) is 198 Å². The van der Waals surface area contributed by atoms with Crippen LogP contribution in [0.3, 0.4) is 0 Å². The summed E-state index contributed by atoms with van der Waals surface area (Å²) in [5, 5.41) is 21.0. The summed E-state index contributed by atoms with van der Waals surface area (Å²) in [5.41, 5.74) is 20.5. The molecule has 0 amide bonds. The van der Waals surface area contributed by atoms with E-state index >= 15 is 0 Å². The number of hydrogen-bond acceptors (Lipinski definition) is 8. The van der Waals surface area contributed by atoms with Gasteiger partial charge in [-0.2, -0.15) is 0 Å². The Morgan fingerprint density at radius 1 is 0.298 bits per heavy atom. The Bertz CT molecular complexity index is 5400. The Labute approximate surface area is 661 Å². The molecule has 23 heteroatoms. The lowest BCUT2D eigenvalue weighted by atomic mass is 9.79. The largest absolute Gasteiger partial charge is 0.357 e. The summed E-state index contributed by atoms with van der Waals surface area (Å²) in [4.78, 5) is 23.4. The summed E-state index contributed by atoms with van der Waals surface area (Å²) in [6.45, 7) is 18.3. The van der Waals surface area contributed by atoms with E-state index in [1.54, 1.807) is 12.1 Å². The highest BCUT2D eigenvalue weighted by atomic mass is 35.5. The van der Waals surface area contributed by atoms with E-state index in [4.69, 9.17) is 11.6 Å². The van der Waals surface area contributed by atoms with E-state index in [-0.39, 0.29) is 46.4 Å². The normalized spacial score (nSPS) is 19.1. The van der Waals surface area contributed by atoms with Crippen molar-refractivity contribution in [1.82, 2.24) is 60.8 Å². The summed E-state index contributed by atoms with van der Waals surface area (Å²) in [7, 11) is 0. The summed E-state index contributed by atoms with van der Waals surface area (Å²) in [5.74, 6) is -8.40. The topological polar surface area (TPSA) is 124 Å². The van der Waals surface area contributed by atoms with Crippen LogP contribution in [0.5, 0.6) is 0 Å². The van der Waals surface area contributed by atoms with Gasteiger partial charge in [-0.15, -0.1) is 0 Å². The van der Waals surface area contributed by atoms with Gasteiger partial charge < -0.3 is 41.2 Å². The Kier molecular flexibility index (Phi) is 21.6. The first-order valence-electron chi connectivity index (χ1n) is 40.2. The lowest BCUT2D eigenvalue weighted by Crippen LogP contribution is -2.54. The zero-order chi connectivity index (χ0) is 79.0. The fourth-order valence-corrected chi connectivity index (χ4v) is 19.9. The molecular weight excluding hydrogens is 1490 g/mol. The maximum Gasteiger partial charge on any atom is 0.194 e. The van der Waals surface area contributed by atoms with Crippen molar-refractivity contribution in [1.29, 1.82) is 0 Å². The number of halogens is 11. The number of rotatable bonds is 8. The summed E-state index contributed by atoms with van der Waals surface area (Å²) in [6, 6.07) is 37.4. The van der Waals surface area contributed by atoms with Gasteiger partial charge in [0.2, 0.25) is 0 Å². The zero-order valence-corrected chi connectivity index (χ0v) is 65.2. The van der Waals surface area contributed by atoms with Crippen LogP contribution in [-0.4, -0.2) is 118 Å². The predicted molar refractivity (Wildman–Crippen MR) is 429 cm³/mol. The molecule has 114 heavy (non-hydrogen) atoms. The van der Waals surface area contributed by atoms with E-state index in [0.29, 0.717) is 30.3 Å².